The molecule has 0 atom stereocenters. The molecule has 1 aliphatic rings. The molecule has 166 valence electrons. The summed E-state index contributed by atoms with van der Waals surface area (Å²) >= 11 is 0. The molecule has 0 aliphatic carbocycles. The zero-order valence-corrected chi connectivity index (χ0v) is 20.7. The van der Waals surface area contributed by atoms with Crippen molar-refractivity contribution >= 4 is 29.9 Å². The predicted octanol–water partition coefficient (Wildman–Crippen LogP) is 4.11. The van der Waals surface area contributed by atoms with Gasteiger partial charge in [-0.25, -0.2) is 0 Å². The predicted molar refractivity (Wildman–Crippen MR) is 130 cm³/mol. The van der Waals surface area contributed by atoms with E-state index in [0.29, 0.717) is 19.3 Å². The van der Waals surface area contributed by atoms with E-state index in [0.717, 1.165) is 69.5 Å². The summed E-state index contributed by atoms with van der Waals surface area (Å²) in [5, 5.41) is 3.43. The summed E-state index contributed by atoms with van der Waals surface area (Å²) in [7, 11) is 0. The molecule has 1 aromatic rings. The maximum absolute atomic E-state index is 5.76. The fourth-order valence-electron chi connectivity index (χ4n) is 3.44. The second-order valence-corrected chi connectivity index (χ2v) is 6.77. The molecule has 0 unspecified atom stereocenters. The number of nitrogens with zero attached hydrogens (tertiary/aromatic N) is 2. The summed E-state index contributed by atoms with van der Waals surface area (Å²) in [5.74, 6) is 2.63. The van der Waals surface area contributed by atoms with Crippen LogP contribution in [-0.2, 0) is 11.2 Å². The minimum absolute atomic E-state index is 0. The van der Waals surface area contributed by atoms with Crippen molar-refractivity contribution in [3.8, 4) is 11.5 Å². The van der Waals surface area contributed by atoms with Gasteiger partial charge in [0.25, 0.3) is 0 Å². The molecule has 1 aromatic carbocycles. The number of piperidine rings is 1. The molecule has 0 spiro atoms. The third-order valence-electron chi connectivity index (χ3n) is 4.75. The molecular weight excluding hydrogens is 481 g/mol. The van der Waals surface area contributed by atoms with Gasteiger partial charge >= 0.3 is 0 Å². The van der Waals surface area contributed by atoms with Crippen molar-refractivity contribution < 1.29 is 14.2 Å². The van der Waals surface area contributed by atoms with Gasteiger partial charge in [0.05, 0.1) is 19.3 Å². The Morgan fingerprint density at radius 1 is 1.03 bits per heavy atom. The Labute approximate surface area is 193 Å². The molecule has 1 aliphatic heterocycles. The van der Waals surface area contributed by atoms with Gasteiger partial charge in [0.1, 0.15) is 0 Å². The maximum Gasteiger partial charge on any atom is 0.193 e. The van der Waals surface area contributed by atoms with Crippen molar-refractivity contribution in [2.75, 3.05) is 46.0 Å². The van der Waals surface area contributed by atoms with Gasteiger partial charge < -0.3 is 24.4 Å². The molecule has 0 radical (unpaired) electrons. The van der Waals surface area contributed by atoms with Crippen LogP contribution in [0.3, 0.4) is 0 Å². The van der Waals surface area contributed by atoms with Gasteiger partial charge in [0, 0.05) is 32.8 Å². The van der Waals surface area contributed by atoms with Crippen molar-refractivity contribution in [1.82, 2.24) is 10.2 Å². The molecule has 0 amide bonds. The third kappa shape index (κ3) is 8.58. The highest BCUT2D eigenvalue weighted by molar-refractivity contribution is 14.0. The van der Waals surface area contributed by atoms with E-state index >= 15 is 0 Å². The molecule has 0 bridgehead atoms. The lowest BCUT2D eigenvalue weighted by Crippen LogP contribution is -2.47. The van der Waals surface area contributed by atoms with Crippen molar-refractivity contribution in [3.63, 3.8) is 0 Å². The minimum atomic E-state index is 0. The standard InChI is InChI=1S/C22H37N3O3.HI/c1-5-23-22(25-15-12-19(13-16-25)26-6-2)24-14-11-18-9-10-20(27-7-3)21(17-18)28-8-4;/h9-10,17,19H,5-8,11-16H2,1-4H3,(H,23,24);1H. The van der Waals surface area contributed by atoms with E-state index in [9.17, 15) is 0 Å². The van der Waals surface area contributed by atoms with E-state index in [2.05, 4.69) is 36.2 Å². The smallest absolute Gasteiger partial charge is 0.193 e. The van der Waals surface area contributed by atoms with Crippen LogP contribution in [0.4, 0.5) is 0 Å². The minimum Gasteiger partial charge on any atom is -0.490 e. The van der Waals surface area contributed by atoms with Crippen LogP contribution in [0.15, 0.2) is 23.2 Å². The third-order valence-corrected chi connectivity index (χ3v) is 4.75. The Hall–Kier alpha value is -1.22. The molecule has 1 fully saturated rings. The van der Waals surface area contributed by atoms with E-state index < -0.39 is 0 Å². The Morgan fingerprint density at radius 2 is 1.72 bits per heavy atom. The van der Waals surface area contributed by atoms with Crippen LogP contribution in [0.5, 0.6) is 11.5 Å². The highest BCUT2D eigenvalue weighted by Gasteiger charge is 2.21. The molecular formula is C22H38IN3O3. The molecule has 0 aromatic heterocycles. The van der Waals surface area contributed by atoms with Gasteiger partial charge in [-0.2, -0.15) is 0 Å². The van der Waals surface area contributed by atoms with Gasteiger partial charge in [0.15, 0.2) is 17.5 Å². The number of ether oxygens (including phenoxy) is 3. The molecule has 2 rings (SSSR count). The van der Waals surface area contributed by atoms with Gasteiger partial charge in [-0.05, 0) is 64.7 Å². The van der Waals surface area contributed by atoms with Crippen LogP contribution < -0.4 is 14.8 Å². The first-order valence-corrected chi connectivity index (χ1v) is 10.7. The number of halogens is 1. The van der Waals surface area contributed by atoms with Crippen molar-refractivity contribution in [3.05, 3.63) is 23.8 Å². The van der Waals surface area contributed by atoms with Gasteiger partial charge in [-0.3, -0.25) is 4.99 Å². The Kier molecular flexibility index (Phi) is 13.1. The highest BCUT2D eigenvalue weighted by Crippen LogP contribution is 2.28. The summed E-state index contributed by atoms with van der Waals surface area (Å²) in [6, 6.07) is 6.17. The zero-order chi connectivity index (χ0) is 20.2. The van der Waals surface area contributed by atoms with Crippen molar-refractivity contribution in [1.29, 1.82) is 0 Å². The number of hydrogen-bond acceptors (Lipinski definition) is 4. The first-order valence-electron chi connectivity index (χ1n) is 10.7. The van der Waals surface area contributed by atoms with E-state index in [-0.39, 0.29) is 24.0 Å². The molecule has 6 nitrogen and oxygen atoms in total. The Bertz CT molecular complexity index is 605. The number of benzene rings is 1. The van der Waals surface area contributed by atoms with Gasteiger partial charge in [-0.15, -0.1) is 24.0 Å². The largest absolute Gasteiger partial charge is 0.490 e. The highest BCUT2D eigenvalue weighted by atomic mass is 127. The second kappa shape index (κ2) is 14.7. The lowest BCUT2D eigenvalue weighted by atomic mass is 10.1. The number of aliphatic imine (C=N–C) groups is 1. The summed E-state index contributed by atoms with van der Waals surface area (Å²) < 4.78 is 17.1. The molecule has 1 heterocycles. The number of hydrogen-bond donors (Lipinski definition) is 1. The molecule has 1 saturated heterocycles. The molecule has 1 N–H and O–H groups in total. The maximum atomic E-state index is 5.76. The van der Waals surface area contributed by atoms with Crippen molar-refractivity contribution in [2.24, 2.45) is 4.99 Å². The average Bonchev–Trinajstić information content (AvgIpc) is 2.70. The normalized spacial score (nSPS) is 15.0. The zero-order valence-electron chi connectivity index (χ0n) is 18.4. The van der Waals surface area contributed by atoms with Crippen LogP contribution >= 0.6 is 24.0 Å². The molecule has 0 saturated carbocycles. The van der Waals surface area contributed by atoms with Crippen LogP contribution in [-0.4, -0.2) is 63.0 Å². The first kappa shape index (κ1) is 25.8. The fourth-order valence-corrected chi connectivity index (χ4v) is 3.44. The number of likely N-dealkylation sites (tertiary alicyclic amines) is 1. The van der Waals surface area contributed by atoms with Crippen LogP contribution in [0.2, 0.25) is 0 Å². The molecule has 7 heteroatoms. The van der Waals surface area contributed by atoms with Crippen molar-refractivity contribution in [2.45, 2.75) is 53.1 Å². The van der Waals surface area contributed by atoms with E-state index in [1.165, 1.54) is 5.56 Å². The van der Waals surface area contributed by atoms with Gasteiger partial charge in [0.2, 0.25) is 0 Å². The van der Waals surface area contributed by atoms with Gasteiger partial charge in [-0.1, -0.05) is 6.07 Å². The lowest BCUT2D eigenvalue weighted by Gasteiger charge is -2.34. The van der Waals surface area contributed by atoms with E-state index in [4.69, 9.17) is 19.2 Å². The number of rotatable bonds is 10. The quantitative estimate of drug-likeness (QED) is 0.287. The summed E-state index contributed by atoms with van der Waals surface area (Å²) in [5.41, 5.74) is 1.21. The number of guanidine groups is 1. The SMILES string of the molecule is CCNC(=NCCc1ccc(OCC)c(OCC)c1)N1CCC(OCC)CC1.I. The van der Waals surface area contributed by atoms with E-state index in [1.54, 1.807) is 0 Å². The van der Waals surface area contributed by atoms with E-state index in [1.807, 2.05) is 19.9 Å². The summed E-state index contributed by atoms with van der Waals surface area (Å²) in [6.45, 7) is 13.8. The van der Waals surface area contributed by atoms with Crippen LogP contribution in [0.1, 0.15) is 46.1 Å². The van der Waals surface area contributed by atoms with Crippen LogP contribution in [0.25, 0.3) is 0 Å². The van der Waals surface area contributed by atoms with Crippen LogP contribution in [0, 0.1) is 0 Å². The number of nitrogens with one attached hydrogen (secondary N) is 1. The fraction of sp³-hybridized carbons (Fsp3) is 0.682. The summed E-state index contributed by atoms with van der Waals surface area (Å²) in [6.07, 6.45) is 3.39. The second-order valence-electron chi connectivity index (χ2n) is 6.77. The first-order chi connectivity index (χ1) is 13.7. The Balaban J connectivity index is 0.00000420. The lowest BCUT2D eigenvalue weighted by molar-refractivity contribution is 0.0264. The molecule has 29 heavy (non-hydrogen) atoms. The topological polar surface area (TPSA) is 55.3 Å². The Morgan fingerprint density at radius 3 is 2.34 bits per heavy atom. The summed E-state index contributed by atoms with van der Waals surface area (Å²) in [4.78, 5) is 7.21. The average molecular weight is 519 g/mol. The monoisotopic (exact) mass is 519 g/mol.